The van der Waals surface area contributed by atoms with E-state index in [4.69, 9.17) is 34.8 Å². The number of H-pyrrole nitrogens is 1. The molecule has 0 aliphatic heterocycles. The zero-order chi connectivity index (χ0) is 14.1. The first-order valence-corrected chi connectivity index (χ1v) is 7.82. The molecule has 0 radical (unpaired) electrons. The first kappa shape index (κ1) is 14.0. The highest BCUT2D eigenvalue weighted by Crippen LogP contribution is 2.28. The van der Waals surface area contributed by atoms with Gasteiger partial charge in [-0.2, -0.15) is 0 Å². The first-order valence-electron chi connectivity index (χ1n) is 5.70. The Hall–Kier alpha value is -0.940. The molecule has 0 saturated carbocycles. The van der Waals surface area contributed by atoms with E-state index in [0.717, 1.165) is 16.2 Å². The second kappa shape index (κ2) is 5.82. The zero-order valence-corrected chi connectivity index (χ0v) is 13.1. The predicted molar refractivity (Wildman–Crippen MR) is 84.9 cm³/mol. The second-order valence-electron chi connectivity index (χ2n) is 4.09. The minimum Gasteiger partial charge on any atom is -0.331 e. The van der Waals surface area contributed by atoms with Gasteiger partial charge in [-0.05, 0) is 23.8 Å². The number of thioether (sulfide) groups is 1. The maximum absolute atomic E-state index is 6.14. The third-order valence-corrected chi connectivity index (χ3v) is 4.38. The normalized spacial score (nSPS) is 11.2. The SMILES string of the molecule is Clc1ccc(CSc2nc3ncc(Cl)cc3[nH]2)c(Cl)c1. The highest BCUT2D eigenvalue weighted by Gasteiger charge is 2.07. The van der Waals surface area contributed by atoms with Crippen LogP contribution in [0.2, 0.25) is 15.1 Å². The van der Waals surface area contributed by atoms with E-state index in [9.17, 15) is 0 Å². The van der Waals surface area contributed by atoms with Crippen LogP contribution in [-0.4, -0.2) is 15.0 Å². The van der Waals surface area contributed by atoms with Crippen LogP contribution in [0.4, 0.5) is 0 Å². The Kier molecular flexibility index (Phi) is 4.08. The molecule has 0 fully saturated rings. The summed E-state index contributed by atoms with van der Waals surface area (Å²) in [5.74, 6) is 0.698. The lowest BCUT2D eigenvalue weighted by Gasteiger charge is -2.02. The van der Waals surface area contributed by atoms with E-state index in [0.29, 0.717) is 26.5 Å². The number of pyridine rings is 1. The Balaban J connectivity index is 1.79. The number of benzene rings is 1. The van der Waals surface area contributed by atoms with E-state index in [1.165, 1.54) is 0 Å². The highest BCUT2D eigenvalue weighted by molar-refractivity contribution is 7.98. The summed E-state index contributed by atoms with van der Waals surface area (Å²) in [4.78, 5) is 11.7. The summed E-state index contributed by atoms with van der Waals surface area (Å²) >= 11 is 19.4. The number of nitrogens with one attached hydrogen (secondary N) is 1. The summed E-state index contributed by atoms with van der Waals surface area (Å²) in [6, 6.07) is 7.27. The van der Waals surface area contributed by atoms with E-state index in [2.05, 4.69) is 15.0 Å². The van der Waals surface area contributed by atoms with Crippen molar-refractivity contribution in [2.45, 2.75) is 10.9 Å². The molecular weight excluding hydrogens is 337 g/mol. The maximum atomic E-state index is 6.14. The van der Waals surface area contributed by atoms with Crippen LogP contribution in [-0.2, 0) is 5.75 Å². The van der Waals surface area contributed by atoms with Crippen molar-refractivity contribution in [2.75, 3.05) is 0 Å². The Morgan fingerprint density at radius 3 is 2.75 bits per heavy atom. The molecule has 102 valence electrons. The molecule has 0 aliphatic rings. The Morgan fingerprint density at radius 2 is 1.95 bits per heavy atom. The summed E-state index contributed by atoms with van der Waals surface area (Å²) in [6.07, 6.45) is 1.58. The molecule has 0 spiro atoms. The highest BCUT2D eigenvalue weighted by atomic mass is 35.5. The van der Waals surface area contributed by atoms with Gasteiger partial charge in [0.1, 0.15) is 0 Å². The van der Waals surface area contributed by atoms with Gasteiger partial charge < -0.3 is 4.98 Å². The van der Waals surface area contributed by atoms with Crippen molar-refractivity contribution in [1.82, 2.24) is 15.0 Å². The number of rotatable bonds is 3. The Bertz CT molecular complexity index is 773. The minimum atomic E-state index is 0.582. The second-order valence-corrected chi connectivity index (χ2v) is 6.34. The van der Waals surface area contributed by atoms with Gasteiger partial charge in [-0.25, -0.2) is 9.97 Å². The molecule has 20 heavy (non-hydrogen) atoms. The van der Waals surface area contributed by atoms with Crippen LogP contribution < -0.4 is 0 Å². The van der Waals surface area contributed by atoms with Crippen LogP contribution in [0, 0.1) is 0 Å². The molecule has 0 bridgehead atoms. The molecule has 3 rings (SSSR count). The lowest BCUT2D eigenvalue weighted by atomic mass is 10.2. The summed E-state index contributed by atoms with van der Waals surface area (Å²) in [5, 5.41) is 2.65. The number of halogens is 3. The lowest BCUT2D eigenvalue weighted by Crippen LogP contribution is -1.83. The van der Waals surface area contributed by atoms with Gasteiger partial charge in [0.15, 0.2) is 10.8 Å². The average Bonchev–Trinajstić information content (AvgIpc) is 2.79. The van der Waals surface area contributed by atoms with Crippen molar-refractivity contribution in [3.8, 4) is 0 Å². The third kappa shape index (κ3) is 3.04. The Morgan fingerprint density at radius 1 is 1.10 bits per heavy atom. The van der Waals surface area contributed by atoms with E-state index >= 15 is 0 Å². The molecule has 1 aromatic carbocycles. The standard InChI is InChI=1S/C13H8Cl3N3S/c14-8-2-1-7(10(16)3-8)6-20-13-18-11-4-9(15)5-17-12(11)19-13/h1-5H,6H2,(H,17,18,19). The summed E-state index contributed by atoms with van der Waals surface area (Å²) in [7, 11) is 0. The van der Waals surface area contributed by atoms with Crippen LogP contribution in [0.15, 0.2) is 35.6 Å². The molecule has 2 heterocycles. The van der Waals surface area contributed by atoms with Gasteiger partial charge in [-0.1, -0.05) is 52.6 Å². The number of fused-ring (bicyclic) bond motifs is 1. The van der Waals surface area contributed by atoms with E-state index in [1.807, 2.05) is 12.1 Å². The van der Waals surface area contributed by atoms with Gasteiger partial charge in [-0.3, -0.25) is 0 Å². The predicted octanol–water partition coefficient (Wildman–Crippen LogP) is 5.21. The van der Waals surface area contributed by atoms with Gasteiger partial charge in [0.2, 0.25) is 0 Å². The summed E-state index contributed by atoms with van der Waals surface area (Å²) in [6.45, 7) is 0. The number of hydrogen-bond donors (Lipinski definition) is 1. The molecule has 2 aromatic heterocycles. The average molecular weight is 345 g/mol. The molecule has 3 nitrogen and oxygen atoms in total. The van der Waals surface area contributed by atoms with Crippen LogP contribution in [0.1, 0.15) is 5.56 Å². The van der Waals surface area contributed by atoms with Gasteiger partial charge >= 0.3 is 0 Å². The molecule has 0 amide bonds. The molecule has 0 unspecified atom stereocenters. The lowest BCUT2D eigenvalue weighted by molar-refractivity contribution is 1.07. The van der Waals surface area contributed by atoms with E-state index in [1.54, 1.807) is 30.1 Å². The molecule has 1 N–H and O–H groups in total. The maximum Gasteiger partial charge on any atom is 0.178 e. The quantitative estimate of drug-likeness (QED) is 0.663. The number of nitrogens with zero attached hydrogens (tertiary/aromatic N) is 2. The topological polar surface area (TPSA) is 41.6 Å². The van der Waals surface area contributed by atoms with Crippen LogP contribution >= 0.6 is 46.6 Å². The van der Waals surface area contributed by atoms with Crippen molar-refractivity contribution in [2.24, 2.45) is 0 Å². The fraction of sp³-hybridized carbons (Fsp3) is 0.0769. The monoisotopic (exact) mass is 343 g/mol. The number of aromatic nitrogens is 3. The van der Waals surface area contributed by atoms with Gasteiger partial charge in [-0.15, -0.1) is 0 Å². The molecule has 3 aromatic rings. The van der Waals surface area contributed by atoms with Crippen LogP contribution in [0.5, 0.6) is 0 Å². The Labute approximate surface area is 134 Å². The number of imidazole rings is 1. The van der Waals surface area contributed by atoms with Crippen molar-refractivity contribution >= 4 is 57.7 Å². The molecular formula is C13H8Cl3N3S. The van der Waals surface area contributed by atoms with Crippen molar-refractivity contribution in [3.63, 3.8) is 0 Å². The van der Waals surface area contributed by atoms with Gasteiger partial charge in [0.25, 0.3) is 0 Å². The third-order valence-electron chi connectivity index (χ3n) is 2.66. The summed E-state index contributed by atoms with van der Waals surface area (Å²) < 4.78 is 0. The van der Waals surface area contributed by atoms with E-state index < -0.39 is 0 Å². The summed E-state index contributed by atoms with van der Waals surface area (Å²) in [5.41, 5.74) is 2.48. The van der Waals surface area contributed by atoms with Crippen molar-refractivity contribution in [3.05, 3.63) is 51.1 Å². The molecule has 7 heteroatoms. The molecule has 0 atom stereocenters. The number of aromatic amines is 1. The van der Waals surface area contributed by atoms with Crippen LogP contribution in [0.25, 0.3) is 11.2 Å². The molecule has 0 aliphatic carbocycles. The fourth-order valence-corrected chi connectivity index (χ4v) is 3.30. The smallest absolute Gasteiger partial charge is 0.178 e. The number of hydrogen-bond acceptors (Lipinski definition) is 3. The fourth-order valence-electron chi connectivity index (χ4n) is 1.71. The minimum absolute atomic E-state index is 0.582. The van der Waals surface area contributed by atoms with Crippen LogP contribution in [0.3, 0.4) is 0 Å². The first-order chi connectivity index (χ1) is 9.61. The largest absolute Gasteiger partial charge is 0.331 e. The van der Waals surface area contributed by atoms with Gasteiger partial charge in [0.05, 0.1) is 10.5 Å². The van der Waals surface area contributed by atoms with Crippen molar-refractivity contribution in [1.29, 1.82) is 0 Å². The van der Waals surface area contributed by atoms with E-state index in [-0.39, 0.29) is 0 Å². The van der Waals surface area contributed by atoms with Gasteiger partial charge in [0, 0.05) is 22.0 Å². The van der Waals surface area contributed by atoms with Crippen molar-refractivity contribution < 1.29 is 0 Å². The molecule has 0 saturated heterocycles. The zero-order valence-electron chi connectivity index (χ0n) is 10.0.